The van der Waals surface area contributed by atoms with Crippen LogP contribution in [0.2, 0.25) is 0 Å². The Morgan fingerprint density at radius 3 is 2.38 bits per heavy atom. The van der Waals surface area contributed by atoms with Crippen molar-refractivity contribution in [2.45, 2.75) is 13.0 Å². The molecule has 0 radical (unpaired) electrons. The molecule has 1 heterocycles. The summed E-state index contributed by atoms with van der Waals surface area (Å²) in [6.45, 7) is 3.62. The van der Waals surface area contributed by atoms with Crippen LogP contribution in [0.1, 0.15) is 6.92 Å². The van der Waals surface area contributed by atoms with Crippen LogP contribution >= 0.6 is 0 Å². The zero-order chi connectivity index (χ0) is 10.1. The van der Waals surface area contributed by atoms with Gasteiger partial charge in [-0.15, -0.1) is 0 Å². The monoisotopic (exact) mass is 207 g/mol. The highest BCUT2D eigenvalue weighted by atomic mass is 32.2. The summed E-state index contributed by atoms with van der Waals surface area (Å²) < 4.78 is 26.7. The summed E-state index contributed by atoms with van der Waals surface area (Å²) in [5.74, 6) is 0.356. The quantitative estimate of drug-likeness (QED) is 0.623. The average Bonchev–Trinajstić information content (AvgIpc) is 2.35. The number of rotatable bonds is 3. The molecule has 0 spiro atoms. The van der Waals surface area contributed by atoms with Crippen LogP contribution in [0.5, 0.6) is 0 Å². The van der Waals surface area contributed by atoms with E-state index >= 15 is 0 Å². The van der Waals surface area contributed by atoms with E-state index in [9.17, 15) is 8.42 Å². The van der Waals surface area contributed by atoms with Gasteiger partial charge in [0.25, 0.3) is 10.2 Å². The van der Waals surface area contributed by atoms with Crippen LogP contribution in [0.4, 0.5) is 0 Å². The Hall–Kier alpha value is -0.170. The Morgan fingerprint density at radius 2 is 2.00 bits per heavy atom. The molecule has 5 nitrogen and oxygen atoms in total. The maximum Gasteiger partial charge on any atom is 0.279 e. The largest absolute Gasteiger partial charge is 0.315 e. The van der Waals surface area contributed by atoms with Crippen LogP contribution in [0.3, 0.4) is 0 Å². The SMILES string of the molecule is CC1CNCC1NS(=O)(=O)N(C)C. The molecule has 2 atom stereocenters. The summed E-state index contributed by atoms with van der Waals surface area (Å²) in [5, 5.41) is 3.14. The number of hydrogen-bond donors (Lipinski definition) is 2. The van der Waals surface area contributed by atoms with Crippen molar-refractivity contribution in [3.05, 3.63) is 0 Å². The molecule has 6 heteroatoms. The van der Waals surface area contributed by atoms with E-state index in [1.165, 1.54) is 18.4 Å². The molecule has 1 rings (SSSR count). The Morgan fingerprint density at radius 1 is 1.38 bits per heavy atom. The lowest BCUT2D eigenvalue weighted by Gasteiger charge is -2.19. The lowest BCUT2D eigenvalue weighted by molar-refractivity contribution is 0.463. The molecule has 1 aliphatic rings. The highest BCUT2D eigenvalue weighted by Crippen LogP contribution is 2.08. The van der Waals surface area contributed by atoms with Gasteiger partial charge in [-0.05, 0) is 12.5 Å². The summed E-state index contributed by atoms with van der Waals surface area (Å²) in [6, 6.07) is 0.0207. The van der Waals surface area contributed by atoms with Gasteiger partial charge in [0.2, 0.25) is 0 Å². The lowest BCUT2D eigenvalue weighted by Crippen LogP contribution is -2.45. The Bertz CT molecular complexity index is 263. The Balaban J connectivity index is 2.58. The average molecular weight is 207 g/mol. The Labute approximate surface area is 79.7 Å². The van der Waals surface area contributed by atoms with Gasteiger partial charge in [-0.25, -0.2) is 0 Å². The van der Waals surface area contributed by atoms with E-state index in [0.29, 0.717) is 12.5 Å². The first-order valence-electron chi connectivity index (χ1n) is 4.34. The van der Waals surface area contributed by atoms with Crippen molar-refractivity contribution in [3.63, 3.8) is 0 Å². The summed E-state index contributed by atoms with van der Waals surface area (Å²) in [7, 11) is -0.225. The van der Waals surface area contributed by atoms with Crippen LogP contribution in [-0.4, -0.2) is 45.9 Å². The van der Waals surface area contributed by atoms with Gasteiger partial charge in [-0.3, -0.25) is 0 Å². The first kappa shape index (κ1) is 10.9. The van der Waals surface area contributed by atoms with Gasteiger partial charge >= 0.3 is 0 Å². The molecule has 1 aliphatic heterocycles. The van der Waals surface area contributed by atoms with E-state index in [1.54, 1.807) is 0 Å². The molecule has 1 saturated heterocycles. The minimum absolute atomic E-state index is 0.0207. The van der Waals surface area contributed by atoms with Gasteiger partial charge in [0, 0.05) is 26.7 Å². The molecule has 2 N–H and O–H groups in total. The highest BCUT2D eigenvalue weighted by Gasteiger charge is 2.27. The molecule has 13 heavy (non-hydrogen) atoms. The van der Waals surface area contributed by atoms with E-state index in [1.807, 2.05) is 6.92 Å². The van der Waals surface area contributed by atoms with Gasteiger partial charge in [-0.1, -0.05) is 6.92 Å². The third-order valence-electron chi connectivity index (χ3n) is 2.30. The Kier molecular flexibility index (Phi) is 3.28. The maximum absolute atomic E-state index is 11.4. The number of hydrogen-bond acceptors (Lipinski definition) is 3. The molecule has 0 amide bonds. The molecule has 0 aromatic carbocycles. The summed E-state index contributed by atoms with van der Waals surface area (Å²) in [6.07, 6.45) is 0. The molecule has 0 bridgehead atoms. The number of nitrogens with one attached hydrogen (secondary N) is 2. The van der Waals surface area contributed by atoms with E-state index < -0.39 is 10.2 Å². The van der Waals surface area contributed by atoms with E-state index in [0.717, 1.165) is 6.54 Å². The number of nitrogens with zero attached hydrogens (tertiary/aromatic N) is 1. The van der Waals surface area contributed by atoms with Gasteiger partial charge in [-0.2, -0.15) is 17.4 Å². The summed E-state index contributed by atoms with van der Waals surface area (Å²) in [5.41, 5.74) is 0. The van der Waals surface area contributed by atoms with Crippen LogP contribution in [-0.2, 0) is 10.2 Å². The molecule has 0 aromatic rings. The van der Waals surface area contributed by atoms with Crippen LogP contribution in [0.15, 0.2) is 0 Å². The normalized spacial score (nSPS) is 29.8. The zero-order valence-corrected chi connectivity index (χ0v) is 9.06. The van der Waals surface area contributed by atoms with Gasteiger partial charge < -0.3 is 5.32 Å². The van der Waals surface area contributed by atoms with E-state index in [2.05, 4.69) is 10.0 Å². The van der Waals surface area contributed by atoms with Gasteiger partial charge in [0.15, 0.2) is 0 Å². The van der Waals surface area contributed by atoms with Crippen molar-refractivity contribution in [1.82, 2.24) is 14.3 Å². The van der Waals surface area contributed by atoms with Crippen molar-refractivity contribution in [2.75, 3.05) is 27.2 Å². The fourth-order valence-corrected chi connectivity index (χ4v) is 2.17. The molecular weight excluding hydrogens is 190 g/mol. The minimum atomic E-state index is -3.27. The van der Waals surface area contributed by atoms with Crippen LogP contribution in [0.25, 0.3) is 0 Å². The molecule has 1 fully saturated rings. The van der Waals surface area contributed by atoms with E-state index in [-0.39, 0.29) is 6.04 Å². The first-order chi connectivity index (χ1) is 5.93. The summed E-state index contributed by atoms with van der Waals surface area (Å²) >= 11 is 0. The molecule has 78 valence electrons. The standard InChI is InChI=1S/C7H17N3O2S/c1-6-4-8-5-7(6)9-13(11,12)10(2)3/h6-9H,4-5H2,1-3H3. The van der Waals surface area contributed by atoms with Crippen molar-refractivity contribution < 1.29 is 8.42 Å². The smallest absolute Gasteiger partial charge is 0.279 e. The predicted octanol–water partition coefficient (Wildman–Crippen LogP) is -1.01. The third-order valence-corrected chi connectivity index (χ3v) is 3.86. The van der Waals surface area contributed by atoms with Crippen LogP contribution in [0, 0.1) is 5.92 Å². The second-order valence-corrected chi connectivity index (χ2v) is 5.56. The lowest BCUT2D eigenvalue weighted by atomic mass is 10.1. The first-order valence-corrected chi connectivity index (χ1v) is 5.78. The van der Waals surface area contributed by atoms with E-state index in [4.69, 9.17) is 0 Å². The van der Waals surface area contributed by atoms with Crippen LogP contribution < -0.4 is 10.0 Å². The van der Waals surface area contributed by atoms with Crippen molar-refractivity contribution >= 4 is 10.2 Å². The zero-order valence-electron chi connectivity index (χ0n) is 8.24. The highest BCUT2D eigenvalue weighted by molar-refractivity contribution is 7.87. The second kappa shape index (κ2) is 3.91. The molecule has 0 aliphatic carbocycles. The van der Waals surface area contributed by atoms with Crippen molar-refractivity contribution in [3.8, 4) is 0 Å². The predicted molar refractivity (Wildman–Crippen MR) is 51.6 cm³/mol. The fourth-order valence-electron chi connectivity index (χ4n) is 1.26. The molecule has 0 saturated carbocycles. The molecular formula is C7H17N3O2S. The maximum atomic E-state index is 11.4. The second-order valence-electron chi connectivity index (χ2n) is 3.65. The van der Waals surface area contributed by atoms with Gasteiger partial charge in [0.05, 0.1) is 0 Å². The van der Waals surface area contributed by atoms with Gasteiger partial charge in [0.1, 0.15) is 0 Å². The molecule has 2 unspecified atom stereocenters. The van der Waals surface area contributed by atoms with Crippen molar-refractivity contribution in [1.29, 1.82) is 0 Å². The summed E-state index contributed by atoms with van der Waals surface area (Å²) in [4.78, 5) is 0. The molecule has 0 aromatic heterocycles. The fraction of sp³-hybridized carbons (Fsp3) is 1.00. The third kappa shape index (κ3) is 2.63. The van der Waals surface area contributed by atoms with Crippen molar-refractivity contribution in [2.24, 2.45) is 5.92 Å². The topological polar surface area (TPSA) is 61.4 Å². The minimum Gasteiger partial charge on any atom is -0.315 e.